The minimum absolute atomic E-state index is 0. The third-order valence-corrected chi connectivity index (χ3v) is 5.08. The van der Waals surface area contributed by atoms with E-state index in [-0.39, 0.29) is 24.4 Å². The molecule has 0 spiro atoms. The summed E-state index contributed by atoms with van der Waals surface area (Å²) < 4.78 is 5.59. The third-order valence-electron chi connectivity index (χ3n) is 5.08. The number of carbonyl (C=O) groups excluding carboxylic acids is 1. The van der Waals surface area contributed by atoms with Crippen LogP contribution in [-0.4, -0.2) is 52.6 Å². The summed E-state index contributed by atoms with van der Waals surface area (Å²) in [5, 5.41) is 10.6. The van der Waals surface area contributed by atoms with Crippen molar-refractivity contribution in [1.29, 1.82) is 0 Å². The Morgan fingerprint density at radius 1 is 1.30 bits per heavy atom. The third kappa shape index (κ3) is 5.21. The van der Waals surface area contributed by atoms with E-state index in [1.807, 2.05) is 37.4 Å². The summed E-state index contributed by atoms with van der Waals surface area (Å²) >= 11 is 0. The van der Waals surface area contributed by atoms with Gasteiger partial charge < -0.3 is 15.2 Å². The van der Waals surface area contributed by atoms with Crippen LogP contribution in [0.25, 0.3) is 0 Å². The molecule has 8 nitrogen and oxygen atoms in total. The van der Waals surface area contributed by atoms with Gasteiger partial charge in [0.25, 0.3) is 5.91 Å². The fourth-order valence-corrected chi connectivity index (χ4v) is 3.41. The molecular weight excluding hydrogens is 404 g/mol. The molecule has 1 aromatic carbocycles. The molecule has 3 aromatic rings. The van der Waals surface area contributed by atoms with Crippen molar-refractivity contribution in [1.82, 2.24) is 30.7 Å². The number of likely N-dealkylation sites (N-methyl/N-ethyl adjacent to an activating group) is 1. The maximum atomic E-state index is 12.7. The van der Waals surface area contributed by atoms with Crippen molar-refractivity contribution in [2.24, 2.45) is 0 Å². The molecule has 1 aliphatic rings. The van der Waals surface area contributed by atoms with Crippen molar-refractivity contribution in [3.63, 3.8) is 0 Å². The lowest BCUT2D eigenvalue weighted by Gasteiger charge is -2.30. The van der Waals surface area contributed by atoms with E-state index in [1.54, 1.807) is 18.3 Å². The molecule has 2 unspecified atom stereocenters. The molecule has 2 atom stereocenters. The van der Waals surface area contributed by atoms with E-state index in [9.17, 15) is 4.79 Å². The number of benzene rings is 1. The number of nitrogens with one attached hydrogen (secondary N) is 2. The average Bonchev–Trinajstić information content (AvgIpc) is 3.25. The van der Waals surface area contributed by atoms with Gasteiger partial charge in [-0.3, -0.25) is 14.7 Å². The van der Waals surface area contributed by atoms with E-state index in [4.69, 9.17) is 4.52 Å². The van der Waals surface area contributed by atoms with Crippen LogP contribution in [0.2, 0.25) is 0 Å². The van der Waals surface area contributed by atoms with Gasteiger partial charge in [-0.1, -0.05) is 35.5 Å². The first kappa shape index (κ1) is 21.9. The smallest absolute Gasteiger partial charge is 0.253 e. The Labute approximate surface area is 181 Å². The van der Waals surface area contributed by atoms with Crippen molar-refractivity contribution in [3.8, 4) is 0 Å². The number of amides is 1. The molecule has 1 fully saturated rings. The fourth-order valence-electron chi connectivity index (χ4n) is 3.41. The Balaban J connectivity index is 0.00000256. The molecule has 2 N–H and O–H groups in total. The minimum Gasteiger partial charge on any atom is -0.340 e. The first-order valence-electron chi connectivity index (χ1n) is 9.70. The topological polar surface area (TPSA) is 96.2 Å². The normalized spacial score (nSPS) is 17.7. The van der Waals surface area contributed by atoms with Gasteiger partial charge in [0.05, 0.1) is 11.6 Å². The molecule has 158 valence electrons. The molecular formula is C21H25ClN6O2. The van der Waals surface area contributed by atoms with Gasteiger partial charge in [0, 0.05) is 38.4 Å². The fraction of sp³-hybridized carbons (Fsp3) is 0.333. The number of hydrogen-bond donors (Lipinski definition) is 2. The van der Waals surface area contributed by atoms with Gasteiger partial charge in [0.15, 0.2) is 5.82 Å². The first-order chi connectivity index (χ1) is 14.2. The first-order valence-corrected chi connectivity index (χ1v) is 9.70. The second kappa shape index (κ2) is 10.3. The Morgan fingerprint density at radius 3 is 2.87 bits per heavy atom. The zero-order chi connectivity index (χ0) is 20.1. The lowest BCUT2D eigenvalue weighted by molar-refractivity contribution is 0.0928. The van der Waals surface area contributed by atoms with Crippen LogP contribution in [0.4, 0.5) is 0 Å². The molecule has 1 saturated heterocycles. The number of piperazine rings is 1. The van der Waals surface area contributed by atoms with Crippen LogP contribution in [0, 0.1) is 0 Å². The molecule has 1 amide bonds. The average molecular weight is 429 g/mol. The highest BCUT2D eigenvalue weighted by Gasteiger charge is 2.28. The van der Waals surface area contributed by atoms with Gasteiger partial charge >= 0.3 is 0 Å². The predicted octanol–water partition coefficient (Wildman–Crippen LogP) is 2.18. The van der Waals surface area contributed by atoms with Gasteiger partial charge in [0.1, 0.15) is 6.04 Å². The molecule has 9 heteroatoms. The van der Waals surface area contributed by atoms with E-state index < -0.39 is 6.04 Å². The van der Waals surface area contributed by atoms with Gasteiger partial charge in [-0.05, 0) is 24.7 Å². The highest BCUT2D eigenvalue weighted by Crippen LogP contribution is 2.22. The van der Waals surface area contributed by atoms with Crippen LogP contribution in [0.5, 0.6) is 0 Å². The Bertz CT molecular complexity index is 937. The molecule has 0 radical (unpaired) electrons. The van der Waals surface area contributed by atoms with E-state index in [2.05, 4.69) is 30.7 Å². The largest absolute Gasteiger partial charge is 0.340 e. The van der Waals surface area contributed by atoms with E-state index in [0.717, 1.165) is 25.2 Å². The van der Waals surface area contributed by atoms with E-state index in [0.29, 0.717) is 23.7 Å². The van der Waals surface area contributed by atoms with Gasteiger partial charge in [-0.15, -0.1) is 12.4 Å². The SMILES string of the molecule is CN1CCNCC1c1noc(C(Cc2ccccc2)NC(=O)c2cccnc2)n1.Cl. The maximum absolute atomic E-state index is 12.7. The second-order valence-corrected chi connectivity index (χ2v) is 7.15. The van der Waals surface area contributed by atoms with Crippen LogP contribution in [0.1, 0.15) is 39.7 Å². The van der Waals surface area contributed by atoms with Crippen molar-refractivity contribution in [2.45, 2.75) is 18.5 Å². The summed E-state index contributed by atoms with van der Waals surface area (Å²) in [5.41, 5.74) is 1.56. The summed E-state index contributed by atoms with van der Waals surface area (Å²) in [6.45, 7) is 2.62. The quantitative estimate of drug-likeness (QED) is 0.621. The molecule has 0 bridgehead atoms. The van der Waals surface area contributed by atoms with E-state index >= 15 is 0 Å². The summed E-state index contributed by atoms with van der Waals surface area (Å²) in [6.07, 6.45) is 3.72. The van der Waals surface area contributed by atoms with Crippen LogP contribution in [0.15, 0.2) is 59.4 Å². The number of hydrogen-bond acceptors (Lipinski definition) is 7. The maximum Gasteiger partial charge on any atom is 0.253 e. The van der Waals surface area contributed by atoms with Crippen LogP contribution in [-0.2, 0) is 6.42 Å². The van der Waals surface area contributed by atoms with Crippen molar-refractivity contribution < 1.29 is 9.32 Å². The zero-order valence-electron chi connectivity index (χ0n) is 16.7. The van der Waals surface area contributed by atoms with Gasteiger partial charge in [-0.2, -0.15) is 4.98 Å². The monoisotopic (exact) mass is 428 g/mol. The molecule has 3 heterocycles. The van der Waals surface area contributed by atoms with Crippen molar-refractivity contribution >= 4 is 18.3 Å². The Morgan fingerprint density at radius 2 is 2.13 bits per heavy atom. The van der Waals surface area contributed by atoms with Gasteiger partial charge in [0.2, 0.25) is 5.89 Å². The summed E-state index contributed by atoms with van der Waals surface area (Å²) in [5.74, 6) is 0.804. The molecule has 2 aromatic heterocycles. The van der Waals surface area contributed by atoms with Crippen molar-refractivity contribution in [2.75, 3.05) is 26.7 Å². The number of carbonyl (C=O) groups is 1. The highest BCUT2D eigenvalue weighted by molar-refractivity contribution is 5.94. The highest BCUT2D eigenvalue weighted by atomic mass is 35.5. The lowest BCUT2D eigenvalue weighted by Crippen LogP contribution is -2.44. The standard InChI is InChI=1S/C21H24N6O2.ClH/c1-27-11-10-23-14-18(27)19-25-21(29-26-19)17(12-15-6-3-2-4-7-15)24-20(28)16-8-5-9-22-13-16;/h2-9,13,17-18,23H,10-12,14H2,1H3,(H,24,28);1H. The molecule has 30 heavy (non-hydrogen) atoms. The van der Waals surface area contributed by atoms with Crippen LogP contribution >= 0.6 is 12.4 Å². The molecule has 1 aliphatic heterocycles. The molecule has 4 rings (SSSR count). The van der Waals surface area contributed by atoms with Crippen LogP contribution < -0.4 is 10.6 Å². The number of halogens is 1. The predicted molar refractivity (Wildman–Crippen MR) is 114 cm³/mol. The summed E-state index contributed by atoms with van der Waals surface area (Å²) in [6, 6.07) is 13.0. The van der Waals surface area contributed by atoms with Crippen molar-refractivity contribution in [3.05, 3.63) is 77.7 Å². The number of rotatable bonds is 6. The summed E-state index contributed by atoms with van der Waals surface area (Å²) in [4.78, 5) is 23.6. The van der Waals surface area contributed by atoms with Crippen LogP contribution in [0.3, 0.4) is 0 Å². The summed E-state index contributed by atoms with van der Waals surface area (Å²) in [7, 11) is 2.05. The Hall–Kier alpha value is -2.81. The zero-order valence-corrected chi connectivity index (χ0v) is 17.5. The molecule has 0 saturated carbocycles. The second-order valence-electron chi connectivity index (χ2n) is 7.15. The number of aromatic nitrogens is 3. The minimum atomic E-state index is -0.437. The lowest BCUT2D eigenvalue weighted by atomic mass is 10.1. The number of pyridine rings is 1. The molecule has 0 aliphatic carbocycles. The van der Waals surface area contributed by atoms with Gasteiger partial charge in [-0.25, -0.2) is 0 Å². The number of nitrogens with zero attached hydrogens (tertiary/aromatic N) is 4. The Kier molecular flexibility index (Phi) is 7.51. The van der Waals surface area contributed by atoms with E-state index in [1.165, 1.54) is 6.20 Å².